The van der Waals surface area contributed by atoms with Gasteiger partial charge >= 0.3 is 0 Å². The fourth-order valence-electron chi connectivity index (χ4n) is 4.13. The standard InChI is InChI=1S/C15H25FN4O2S/c1-4-11-13(12(5-2)20(3)18-11)23(21,22)19-15-8-6-7-14(15,16)9-17-10-15/h17,19H,4-10H2,1-3H3/t14-,15+/m1/s1. The average molecular weight is 344 g/mol. The molecular formula is C15H25FN4O2S. The van der Waals surface area contributed by atoms with Gasteiger partial charge in [-0.05, 0) is 32.1 Å². The number of nitrogens with one attached hydrogen (secondary N) is 2. The molecule has 1 saturated heterocycles. The molecule has 1 aromatic rings. The highest BCUT2D eigenvalue weighted by Gasteiger charge is 2.60. The minimum atomic E-state index is -3.82. The first kappa shape index (κ1) is 16.9. The van der Waals surface area contributed by atoms with Crippen LogP contribution in [0.3, 0.4) is 0 Å². The number of hydrogen-bond acceptors (Lipinski definition) is 4. The molecule has 1 aliphatic carbocycles. The summed E-state index contributed by atoms with van der Waals surface area (Å²) in [7, 11) is -2.07. The van der Waals surface area contributed by atoms with E-state index in [-0.39, 0.29) is 11.4 Å². The lowest BCUT2D eigenvalue weighted by Crippen LogP contribution is -2.58. The number of sulfonamides is 1. The van der Waals surface area contributed by atoms with Crippen molar-refractivity contribution in [2.24, 2.45) is 7.05 Å². The molecule has 0 unspecified atom stereocenters. The van der Waals surface area contributed by atoms with E-state index in [2.05, 4.69) is 15.1 Å². The lowest BCUT2D eigenvalue weighted by molar-refractivity contribution is 0.122. The van der Waals surface area contributed by atoms with E-state index in [1.54, 1.807) is 11.7 Å². The summed E-state index contributed by atoms with van der Waals surface area (Å²) in [5.74, 6) is 0. The van der Waals surface area contributed by atoms with Gasteiger partial charge in [-0.1, -0.05) is 13.8 Å². The van der Waals surface area contributed by atoms with Gasteiger partial charge in [0.05, 0.1) is 16.9 Å². The van der Waals surface area contributed by atoms with Crippen molar-refractivity contribution >= 4 is 10.0 Å². The van der Waals surface area contributed by atoms with Crippen LogP contribution in [0, 0.1) is 0 Å². The molecule has 0 amide bonds. The summed E-state index contributed by atoms with van der Waals surface area (Å²) in [5.41, 5.74) is -1.32. The lowest BCUT2D eigenvalue weighted by atomic mass is 9.89. The zero-order valence-electron chi connectivity index (χ0n) is 13.9. The van der Waals surface area contributed by atoms with Crippen LogP contribution in [0.5, 0.6) is 0 Å². The number of alkyl halides is 1. The molecule has 0 radical (unpaired) electrons. The van der Waals surface area contributed by atoms with Crippen molar-refractivity contribution in [1.29, 1.82) is 0 Å². The Bertz CT molecular complexity index is 703. The van der Waals surface area contributed by atoms with Gasteiger partial charge in [0.15, 0.2) is 0 Å². The van der Waals surface area contributed by atoms with Crippen molar-refractivity contribution in [1.82, 2.24) is 19.8 Å². The molecule has 2 atom stereocenters. The van der Waals surface area contributed by atoms with Crippen LogP contribution < -0.4 is 10.0 Å². The van der Waals surface area contributed by atoms with Crippen molar-refractivity contribution in [3.8, 4) is 0 Å². The number of hydrogen-bond donors (Lipinski definition) is 2. The first-order valence-corrected chi connectivity index (χ1v) is 9.75. The van der Waals surface area contributed by atoms with Crippen LogP contribution in [-0.2, 0) is 29.9 Å². The Kier molecular flexibility index (Phi) is 4.05. The molecule has 2 N–H and O–H groups in total. The third-order valence-electron chi connectivity index (χ3n) is 5.32. The van der Waals surface area contributed by atoms with E-state index in [9.17, 15) is 8.42 Å². The Morgan fingerprint density at radius 1 is 1.30 bits per heavy atom. The van der Waals surface area contributed by atoms with Gasteiger partial charge in [0.25, 0.3) is 0 Å². The smallest absolute Gasteiger partial charge is 0.244 e. The third-order valence-corrected chi connectivity index (χ3v) is 6.99. The number of nitrogens with zero attached hydrogens (tertiary/aromatic N) is 2. The van der Waals surface area contributed by atoms with E-state index in [1.807, 2.05) is 13.8 Å². The summed E-state index contributed by atoms with van der Waals surface area (Å²) >= 11 is 0. The molecule has 3 rings (SSSR count). The van der Waals surface area contributed by atoms with Gasteiger partial charge in [0.1, 0.15) is 10.6 Å². The maximum Gasteiger partial charge on any atom is 0.244 e. The van der Waals surface area contributed by atoms with Gasteiger partial charge in [0, 0.05) is 20.1 Å². The van der Waals surface area contributed by atoms with Crippen LogP contribution in [0.15, 0.2) is 4.90 Å². The number of rotatable bonds is 5. The third kappa shape index (κ3) is 2.42. The van der Waals surface area contributed by atoms with Crippen LogP contribution >= 0.6 is 0 Å². The molecule has 2 heterocycles. The Labute approximate surface area is 136 Å². The van der Waals surface area contributed by atoms with Crippen LogP contribution in [0.4, 0.5) is 4.39 Å². The average Bonchev–Trinajstić information content (AvgIpc) is 3.06. The fraction of sp³-hybridized carbons (Fsp3) is 0.800. The Balaban J connectivity index is 2.04. The second-order valence-corrected chi connectivity index (χ2v) is 8.28. The number of aromatic nitrogens is 2. The van der Waals surface area contributed by atoms with E-state index in [4.69, 9.17) is 0 Å². The SMILES string of the molecule is CCc1nn(C)c(CC)c1S(=O)(=O)N[C@]12CCC[C@@]1(F)CNC2. The Morgan fingerprint density at radius 2 is 2.04 bits per heavy atom. The van der Waals surface area contributed by atoms with E-state index in [0.29, 0.717) is 50.0 Å². The fourth-order valence-corrected chi connectivity index (χ4v) is 6.19. The zero-order chi connectivity index (χ0) is 16.9. The maximum atomic E-state index is 15.2. The zero-order valence-corrected chi connectivity index (χ0v) is 14.8. The van der Waals surface area contributed by atoms with Gasteiger partial charge < -0.3 is 5.32 Å². The minimum absolute atomic E-state index is 0.212. The number of halogens is 1. The number of aryl methyl sites for hydroxylation is 2. The quantitative estimate of drug-likeness (QED) is 0.837. The second kappa shape index (κ2) is 5.53. The Morgan fingerprint density at radius 3 is 2.70 bits per heavy atom. The highest BCUT2D eigenvalue weighted by Crippen LogP contribution is 2.45. The van der Waals surface area contributed by atoms with Crippen LogP contribution in [0.2, 0.25) is 0 Å². The highest BCUT2D eigenvalue weighted by atomic mass is 32.2. The van der Waals surface area contributed by atoms with Gasteiger partial charge in [-0.2, -0.15) is 5.10 Å². The molecule has 6 nitrogen and oxygen atoms in total. The normalized spacial score (nSPS) is 30.8. The van der Waals surface area contributed by atoms with Gasteiger partial charge in [-0.15, -0.1) is 0 Å². The Hall–Kier alpha value is -0.990. The summed E-state index contributed by atoms with van der Waals surface area (Å²) < 4.78 is 45.7. The summed E-state index contributed by atoms with van der Waals surface area (Å²) in [5, 5.41) is 7.35. The van der Waals surface area contributed by atoms with Crippen LogP contribution in [0.25, 0.3) is 0 Å². The molecule has 0 bridgehead atoms. The maximum absolute atomic E-state index is 15.2. The number of fused-ring (bicyclic) bond motifs is 1. The summed E-state index contributed by atoms with van der Waals surface area (Å²) in [6.45, 7) is 4.33. The first-order valence-electron chi connectivity index (χ1n) is 8.27. The van der Waals surface area contributed by atoms with Gasteiger partial charge in [0.2, 0.25) is 10.0 Å². The molecule has 0 spiro atoms. The van der Waals surface area contributed by atoms with Crippen molar-refractivity contribution < 1.29 is 12.8 Å². The van der Waals surface area contributed by atoms with Crippen molar-refractivity contribution in [2.45, 2.75) is 62.1 Å². The molecule has 1 aromatic heterocycles. The molecule has 0 aromatic carbocycles. The van der Waals surface area contributed by atoms with E-state index < -0.39 is 21.2 Å². The highest BCUT2D eigenvalue weighted by molar-refractivity contribution is 7.89. The van der Waals surface area contributed by atoms with Crippen molar-refractivity contribution in [3.05, 3.63) is 11.4 Å². The lowest BCUT2D eigenvalue weighted by Gasteiger charge is -2.33. The summed E-state index contributed by atoms with van der Waals surface area (Å²) in [4.78, 5) is 0.237. The molecule has 1 aliphatic heterocycles. The van der Waals surface area contributed by atoms with Crippen LogP contribution in [0.1, 0.15) is 44.5 Å². The second-order valence-electron chi connectivity index (χ2n) is 6.66. The molecular weight excluding hydrogens is 319 g/mol. The first-order chi connectivity index (χ1) is 10.8. The van der Waals surface area contributed by atoms with Crippen LogP contribution in [-0.4, -0.2) is 42.5 Å². The molecule has 130 valence electrons. The van der Waals surface area contributed by atoms with E-state index in [0.717, 1.165) is 0 Å². The van der Waals surface area contributed by atoms with E-state index >= 15 is 4.39 Å². The van der Waals surface area contributed by atoms with Crippen molar-refractivity contribution in [3.63, 3.8) is 0 Å². The van der Waals surface area contributed by atoms with Gasteiger partial charge in [-0.25, -0.2) is 17.5 Å². The molecule has 2 fully saturated rings. The molecule has 1 saturated carbocycles. The van der Waals surface area contributed by atoms with Crippen molar-refractivity contribution in [2.75, 3.05) is 13.1 Å². The van der Waals surface area contributed by atoms with Gasteiger partial charge in [-0.3, -0.25) is 4.68 Å². The minimum Gasteiger partial charge on any atom is -0.311 e. The largest absolute Gasteiger partial charge is 0.311 e. The predicted octanol–water partition coefficient (Wildman–Crippen LogP) is 1.06. The summed E-state index contributed by atoms with van der Waals surface area (Å²) in [6, 6.07) is 0. The monoisotopic (exact) mass is 344 g/mol. The predicted molar refractivity (Wildman–Crippen MR) is 85.6 cm³/mol. The summed E-state index contributed by atoms with van der Waals surface area (Å²) in [6.07, 6.45) is 2.71. The van der Waals surface area contributed by atoms with E-state index in [1.165, 1.54) is 0 Å². The molecule has 23 heavy (non-hydrogen) atoms. The molecule has 8 heteroatoms. The topological polar surface area (TPSA) is 76.0 Å². The molecule has 2 aliphatic rings.